The van der Waals surface area contributed by atoms with Crippen LogP contribution in [-0.4, -0.2) is 33.7 Å². The van der Waals surface area contributed by atoms with E-state index in [1.165, 1.54) is 4.90 Å². The van der Waals surface area contributed by atoms with Crippen molar-refractivity contribution in [1.29, 1.82) is 0 Å². The quantitative estimate of drug-likeness (QED) is 0.935. The van der Waals surface area contributed by atoms with E-state index in [4.69, 9.17) is 9.15 Å². The molecule has 6 heteroatoms. The Morgan fingerprint density at radius 3 is 2.70 bits per heavy atom. The average molecular weight is 316 g/mol. The molecule has 0 bridgehead atoms. The van der Waals surface area contributed by atoms with Gasteiger partial charge in [-0.05, 0) is 25.3 Å². The Bertz CT molecular complexity index is 648. The molecule has 0 aliphatic carbocycles. The van der Waals surface area contributed by atoms with E-state index in [9.17, 15) is 9.90 Å². The van der Waals surface area contributed by atoms with Gasteiger partial charge in [-0.2, -0.15) is 0 Å². The fourth-order valence-electron chi connectivity index (χ4n) is 2.83. The lowest BCUT2D eigenvalue weighted by molar-refractivity contribution is -0.0461. The highest BCUT2D eigenvalue weighted by Crippen LogP contribution is 2.30. The zero-order valence-electron chi connectivity index (χ0n) is 13.0. The van der Waals surface area contributed by atoms with Gasteiger partial charge in [0, 0.05) is 6.54 Å². The van der Waals surface area contributed by atoms with Crippen LogP contribution in [0.3, 0.4) is 0 Å². The summed E-state index contributed by atoms with van der Waals surface area (Å²) < 4.78 is 11.3. The highest BCUT2D eigenvalue weighted by Gasteiger charge is 2.31. The molecular weight excluding hydrogens is 296 g/mol. The van der Waals surface area contributed by atoms with Crippen LogP contribution in [0.1, 0.15) is 36.2 Å². The molecular formula is C17H20N2O4. The van der Waals surface area contributed by atoms with Gasteiger partial charge in [-0.1, -0.05) is 30.3 Å². The van der Waals surface area contributed by atoms with E-state index in [2.05, 4.69) is 4.98 Å². The third-order valence-corrected chi connectivity index (χ3v) is 4.05. The molecule has 122 valence electrons. The lowest BCUT2D eigenvalue weighted by Crippen LogP contribution is -2.44. The number of carbonyl (C=O) groups is 1. The van der Waals surface area contributed by atoms with Gasteiger partial charge in [0.05, 0.1) is 18.8 Å². The van der Waals surface area contributed by atoms with Crippen LogP contribution in [0.2, 0.25) is 0 Å². The molecule has 1 aromatic carbocycles. The first-order valence-electron chi connectivity index (χ1n) is 7.71. The molecule has 0 spiro atoms. The lowest BCUT2D eigenvalue weighted by Gasteiger charge is -2.34. The maximum atomic E-state index is 11.6. The Morgan fingerprint density at radius 1 is 1.35 bits per heavy atom. The number of hydrogen-bond acceptors (Lipinski definition) is 4. The molecule has 0 radical (unpaired) electrons. The van der Waals surface area contributed by atoms with E-state index in [1.807, 2.05) is 37.3 Å². The molecule has 2 atom stereocenters. The SMILES string of the molecule is Cc1cnc([C@@H]2CC[C@@H](N(Cc3ccccc3)C(=O)O)CO2)o1. The summed E-state index contributed by atoms with van der Waals surface area (Å²) in [5, 5.41) is 9.51. The second-order valence-electron chi connectivity index (χ2n) is 5.76. The van der Waals surface area contributed by atoms with Gasteiger partial charge in [-0.15, -0.1) is 0 Å². The number of aromatic nitrogens is 1. The van der Waals surface area contributed by atoms with Crippen LogP contribution in [0.25, 0.3) is 0 Å². The monoisotopic (exact) mass is 316 g/mol. The molecule has 1 aromatic heterocycles. The van der Waals surface area contributed by atoms with Crippen molar-refractivity contribution in [2.45, 2.75) is 38.5 Å². The molecule has 0 saturated carbocycles. The van der Waals surface area contributed by atoms with E-state index in [-0.39, 0.29) is 12.1 Å². The number of aryl methyl sites for hydroxylation is 1. The van der Waals surface area contributed by atoms with Crippen molar-refractivity contribution < 1.29 is 19.1 Å². The molecule has 6 nitrogen and oxygen atoms in total. The van der Waals surface area contributed by atoms with Crippen molar-refractivity contribution in [3.8, 4) is 0 Å². The van der Waals surface area contributed by atoms with Crippen molar-refractivity contribution in [3.63, 3.8) is 0 Å². The number of rotatable bonds is 4. The minimum absolute atomic E-state index is 0.153. The largest absolute Gasteiger partial charge is 0.465 e. The molecule has 3 rings (SSSR count). The smallest absolute Gasteiger partial charge is 0.407 e. The van der Waals surface area contributed by atoms with Crippen molar-refractivity contribution in [2.75, 3.05) is 6.61 Å². The molecule has 23 heavy (non-hydrogen) atoms. The summed E-state index contributed by atoms with van der Waals surface area (Å²) in [5.41, 5.74) is 0.973. The summed E-state index contributed by atoms with van der Waals surface area (Å²) >= 11 is 0. The minimum atomic E-state index is -0.923. The Kier molecular flexibility index (Phi) is 4.62. The van der Waals surface area contributed by atoms with E-state index in [1.54, 1.807) is 6.20 Å². The third-order valence-electron chi connectivity index (χ3n) is 4.05. The van der Waals surface area contributed by atoms with Crippen molar-refractivity contribution >= 4 is 6.09 Å². The average Bonchev–Trinajstić information content (AvgIpc) is 3.00. The Balaban J connectivity index is 1.63. The molecule has 2 heterocycles. The summed E-state index contributed by atoms with van der Waals surface area (Å²) in [6, 6.07) is 9.44. The van der Waals surface area contributed by atoms with Crippen molar-refractivity contribution in [1.82, 2.24) is 9.88 Å². The summed E-state index contributed by atoms with van der Waals surface area (Å²) in [7, 11) is 0. The van der Waals surface area contributed by atoms with Crippen molar-refractivity contribution in [3.05, 3.63) is 53.7 Å². The standard InChI is InChI=1S/C17H20N2O4/c1-12-9-18-16(23-12)15-8-7-14(11-22-15)19(17(20)21)10-13-5-3-2-4-6-13/h2-6,9,14-15H,7-8,10-11H2,1H3,(H,20,21)/t14-,15+/m1/s1. The molecule has 2 aromatic rings. The molecule has 1 saturated heterocycles. The van der Waals surface area contributed by atoms with E-state index < -0.39 is 6.09 Å². The first kappa shape index (κ1) is 15.6. The topological polar surface area (TPSA) is 75.8 Å². The molecule has 1 aliphatic heterocycles. The first-order valence-corrected chi connectivity index (χ1v) is 7.71. The van der Waals surface area contributed by atoms with Gasteiger partial charge in [-0.3, -0.25) is 4.90 Å². The number of benzene rings is 1. The highest BCUT2D eigenvalue weighted by atomic mass is 16.5. The number of ether oxygens (including phenoxy) is 1. The summed E-state index contributed by atoms with van der Waals surface area (Å²) in [6.07, 6.45) is 1.98. The molecule has 1 amide bonds. The number of oxazole rings is 1. The number of nitrogens with zero attached hydrogens (tertiary/aromatic N) is 2. The summed E-state index contributed by atoms with van der Waals surface area (Å²) in [5.74, 6) is 1.33. The molecule has 1 N–H and O–H groups in total. The predicted octanol–water partition coefficient (Wildman–Crippen LogP) is 3.38. The zero-order chi connectivity index (χ0) is 16.2. The van der Waals surface area contributed by atoms with Crippen LogP contribution in [0, 0.1) is 6.92 Å². The van der Waals surface area contributed by atoms with Crippen LogP contribution in [0.15, 0.2) is 40.9 Å². The lowest BCUT2D eigenvalue weighted by atomic mass is 10.0. The van der Waals surface area contributed by atoms with Crippen molar-refractivity contribution in [2.24, 2.45) is 0 Å². The van der Waals surface area contributed by atoms with Crippen LogP contribution in [0.5, 0.6) is 0 Å². The molecule has 1 fully saturated rings. The van der Waals surface area contributed by atoms with E-state index in [0.29, 0.717) is 25.5 Å². The van der Waals surface area contributed by atoms with Gasteiger partial charge < -0.3 is 14.3 Å². The van der Waals surface area contributed by atoms with E-state index >= 15 is 0 Å². The fraction of sp³-hybridized carbons (Fsp3) is 0.412. The zero-order valence-corrected chi connectivity index (χ0v) is 13.0. The van der Waals surface area contributed by atoms with Gasteiger partial charge >= 0.3 is 6.09 Å². The van der Waals surface area contributed by atoms with Crippen LogP contribution in [0.4, 0.5) is 4.79 Å². The van der Waals surface area contributed by atoms with Gasteiger partial charge in [0.1, 0.15) is 11.9 Å². The fourth-order valence-corrected chi connectivity index (χ4v) is 2.83. The summed E-state index contributed by atoms with van der Waals surface area (Å²) in [6.45, 7) is 2.56. The Labute approximate surface area is 134 Å². The van der Waals surface area contributed by atoms with E-state index in [0.717, 1.165) is 17.7 Å². The van der Waals surface area contributed by atoms with Gasteiger partial charge in [0.15, 0.2) is 0 Å². The molecule has 1 aliphatic rings. The second kappa shape index (κ2) is 6.83. The van der Waals surface area contributed by atoms with Crippen LogP contribution in [-0.2, 0) is 11.3 Å². The minimum Gasteiger partial charge on any atom is -0.465 e. The van der Waals surface area contributed by atoms with Crippen LogP contribution >= 0.6 is 0 Å². The van der Waals surface area contributed by atoms with Gasteiger partial charge in [0.25, 0.3) is 0 Å². The number of carboxylic acid groups (broad SMARTS) is 1. The Morgan fingerprint density at radius 2 is 2.13 bits per heavy atom. The highest BCUT2D eigenvalue weighted by molar-refractivity contribution is 5.65. The van der Waals surface area contributed by atoms with Crippen LogP contribution < -0.4 is 0 Å². The number of amides is 1. The summed E-state index contributed by atoms with van der Waals surface area (Å²) in [4.78, 5) is 17.2. The first-order chi connectivity index (χ1) is 11.1. The van der Waals surface area contributed by atoms with Gasteiger partial charge in [-0.25, -0.2) is 9.78 Å². The normalized spacial score (nSPS) is 21.1. The number of hydrogen-bond donors (Lipinski definition) is 1. The Hall–Kier alpha value is -2.34. The molecule has 0 unspecified atom stereocenters. The third kappa shape index (κ3) is 3.71. The van der Waals surface area contributed by atoms with Gasteiger partial charge in [0.2, 0.25) is 5.89 Å². The second-order valence-corrected chi connectivity index (χ2v) is 5.76. The maximum absolute atomic E-state index is 11.6. The maximum Gasteiger partial charge on any atom is 0.407 e. The predicted molar refractivity (Wildman–Crippen MR) is 83.0 cm³/mol.